The van der Waals surface area contributed by atoms with Gasteiger partial charge in [-0.25, -0.2) is 14.6 Å². The minimum Gasteiger partial charge on any atom is -0.325 e. The Bertz CT molecular complexity index is 737. The molecule has 1 aromatic carbocycles. The van der Waals surface area contributed by atoms with Gasteiger partial charge in [0.2, 0.25) is 0 Å². The zero-order valence-corrected chi connectivity index (χ0v) is 12.4. The monoisotopic (exact) mass is 298 g/mol. The topological polar surface area (TPSA) is 67.2 Å². The summed E-state index contributed by atoms with van der Waals surface area (Å²) in [5.41, 5.74) is 1.37. The van der Waals surface area contributed by atoms with Gasteiger partial charge >= 0.3 is 11.7 Å². The van der Waals surface area contributed by atoms with E-state index in [9.17, 15) is 9.59 Å². The molecule has 2 aromatic rings. The van der Waals surface area contributed by atoms with Crippen LogP contribution in [0, 0.1) is 0 Å². The van der Waals surface area contributed by atoms with E-state index in [1.165, 1.54) is 10.8 Å². The molecule has 0 saturated heterocycles. The maximum Gasteiger partial charge on any atom is 0.347 e. The van der Waals surface area contributed by atoms with Crippen LogP contribution >= 0.6 is 0 Å². The Morgan fingerprint density at radius 3 is 2.95 bits per heavy atom. The molecule has 1 N–H and O–H groups in total. The third kappa shape index (κ3) is 3.33. The predicted octanol–water partition coefficient (Wildman–Crippen LogP) is 1.92. The third-order valence-electron chi connectivity index (χ3n) is 3.73. The second-order valence-corrected chi connectivity index (χ2v) is 5.50. The molecule has 0 aliphatic heterocycles. The highest BCUT2D eigenvalue weighted by Gasteiger charge is 2.29. The van der Waals surface area contributed by atoms with Crippen LogP contribution < -0.4 is 11.0 Å². The number of hydrogen-bond acceptors (Lipinski definition) is 3. The van der Waals surface area contributed by atoms with Gasteiger partial charge < -0.3 is 10.2 Å². The summed E-state index contributed by atoms with van der Waals surface area (Å²) in [6, 6.07) is 9.49. The lowest BCUT2D eigenvalue weighted by atomic mass is 10.2. The molecule has 1 saturated carbocycles. The molecule has 1 aliphatic carbocycles. The Balaban J connectivity index is 1.71. The standard InChI is InChI=1S/C16H18N4O2/c1-19(14-6-7-14)16(22)18-13-5-2-4-12(10-13)11-20-9-3-8-17-15(20)21/h2-5,8-10,14H,6-7,11H2,1H3,(H,18,22). The van der Waals surface area contributed by atoms with Gasteiger partial charge in [0.25, 0.3) is 0 Å². The van der Waals surface area contributed by atoms with E-state index >= 15 is 0 Å². The van der Waals surface area contributed by atoms with Gasteiger partial charge in [-0.1, -0.05) is 12.1 Å². The lowest BCUT2D eigenvalue weighted by molar-refractivity contribution is 0.220. The van der Waals surface area contributed by atoms with Crippen molar-refractivity contribution >= 4 is 11.7 Å². The molecule has 2 amide bonds. The Labute approximate surface area is 128 Å². The fourth-order valence-corrected chi connectivity index (χ4v) is 2.29. The first kappa shape index (κ1) is 14.3. The van der Waals surface area contributed by atoms with Crippen LogP contribution in [-0.2, 0) is 6.54 Å². The first-order valence-electron chi connectivity index (χ1n) is 7.28. The number of amides is 2. The summed E-state index contributed by atoms with van der Waals surface area (Å²) in [6.45, 7) is 0.425. The minimum atomic E-state index is -0.287. The largest absolute Gasteiger partial charge is 0.347 e. The molecular formula is C16H18N4O2. The average molecular weight is 298 g/mol. The van der Waals surface area contributed by atoms with Crippen molar-refractivity contribution in [2.45, 2.75) is 25.4 Å². The van der Waals surface area contributed by atoms with Gasteiger partial charge in [0.15, 0.2) is 0 Å². The van der Waals surface area contributed by atoms with Crippen LogP contribution in [0.3, 0.4) is 0 Å². The second-order valence-electron chi connectivity index (χ2n) is 5.50. The van der Waals surface area contributed by atoms with Crippen LogP contribution in [0.1, 0.15) is 18.4 Å². The van der Waals surface area contributed by atoms with Gasteiger partial charge in [-0.2, -0.15) is 0 Å². The number of hydrogen-bond donors (Lipinski definition) is 1. The first-order chi connectivity index (χ1) is 10.6. The number of carbonyl (C=O) groups is 1. The summed E-state index contributed by atoms with van der Waals surface area (Å²) in [7, 11) is 1.81. The van der Waals surface area contributed by atoms with Crippen LogP contribution in [0.5, 0.6) is 0 Å². The molecule has 22 heavy (non-hydrogen) atoms. The Morgan fingerprint density at radius 2 is 2.23 bits per heavy atom. The van der Waals surface area contributed by atoms with Crippen molar-refractivity contribution in [3.63, 3.8) is 0 Å². The molecule has 1 aliphatic rings. The van der Waals surface area contributed by atoms with E-state index in [-0.39, 0.29) is 11.7 Å². The van der Waals surface area contributed by atoms with Crippen LogP contribution in [0.25, 0.3) is 0 Å². The number of carbonyl (C=O) groups excluding carboxylic acids is 1. The number of rotatable bonds is 4. The molecule has 114 valence electrons. The molecule has 1 aromatic heterocycles. The summed E-state index contributed by atoms with van der Waals surface area (Å²) in [6.07, 6.45) is 5.33. The van der Waals surface area contributed by atoms with E-state index in [0.717, 1.165) is 24.1 Å². The van der Waals surface area contributed by atoms with Crippen LogP contribution in [0.15, 0.2) is 47.5 Å². The molecule has 1 heterocycles. The lowest BCUT2D eigenvalue weighted by Crippen LogP contribution is -2.33. The maximum atomic E-state index is 12.1. The quantitative estimate of drug-likeness (QED) is 0.937. The highest BCUT2D eigenvalue weighted by molar-refractivity contribution is 5.89. The zero-order chi connectivity index (χ0) is 15.5. The van der Waals surface area contributed by atoms with E-state index < -0.39 is 0 Å². The van der Waals surface area contributed by atoms with Crippen molar-refractivity contribution in [3.8, 4) is 0 Å². The normalized spacial score (nSPS) is 13.7. The fraction of sp³-hybridized carbons (Fsp3) is 0.312. The molecular weight excluding hydrogens is 280 g/mol. The van der Waals surface area contributed by atoms with E-state index in [0.29, 0.717) is 12.6 Å². The molecule has 0 radical (unpaired) electrons. The number of aromatic nitrogens is 2. The molecule has 0 atom stereocenters. The molecule has 1 fully saturated rings. The molecule has 0 unspecified atom stereocenters. The number of benzene rings is 1. The second kappa shape index (κ2) is 6.01. The fourth-order valence-electron chi connectivity index (χ4n) is 2.29. The van der Waals surface area contributed by atoms with Crippen molar-refractivity contribution in [1.29, 1.82) is 0 Å². The zero-order valence-electron chi connectivity index (χ0n) is 12.4. The molecule has 6 nitrogen and oxygen atoms in total. The SMILES string of the molecule is CN(C(=O)Nc1cccc(Cn2cccnc2=O)c1)C1CC1. The van der Waals surface area contributed by atoms with Crippen LogP contribution in [0.2, 0.25) is 0 Å². The number of nitrogens with one attached hydrogen (secondary N) is 1. The Hall–Kier alpha value is -2.63. The maximum absolute atomic E-state index is 12.1. The number of anilines is 1. The molecule has 0 spiro atoms. The van der Waals surface area contributed by atoms with Gasteiger partial charge in [0.05, 0.1) is 6.54 Å². The van der Waals surface area contributed by atoms with Crippen LogP contribution in [0.4, 0.5) is 10.5 Å². The third-order valence-corrected chi connectivity index (χ3v) is 3.73. The predicted molar refractivity (Wildman–Crippen MR) is 83.8 cm³/mol. The summed E-state index contributed by atoms with van der Waals surface area (Å²) < 4.78 is 1.53. The smallest absolute Gasteiger partial charge is 0.325 e. The summed E-state index contributed by atoms with van der Waals surface area (Å²) in [5, 5.41) is 2.89. The summed E-state index contributed by atoms with van der Waals surface area (Å²) in [4.78, 5) is 29.2. The Kier molecular flexibility index (Phi) is 3.91. The minimum absolute atomic E-state index is 0.0989. The van der Waals surface area contributed by atoms with Gasteiger partial charge in [0, 0.05) is 31.2 Å². The van der Waals surface area contributed by atoms with Gasteiger partial charge in [0.1, 0.15) is 0 Å². The van der Waals surface area contributed by atoms with E-state index in [4.69, 9.17) is 0 Å². The van der Waals surface area contributed by atoms with Crippen molar-refractivity contribution in [2.24, 2.45) is 0 Å². The van der Waals surface area contributed by atoms with Gasteiger partial charge in [-0.05, 0) is 36.6 Å². The van der Waals surface area contributed by atoms with E-state index in [1.807, 2.05) is 31.3 Å². The summed E-state index contributed by atoms with van der Waals surface area (Å²) in [5.74, 6) is 0. The highest BCUT2D eigenvalue weighted by Crippen LogP contribution is 2.26. The van der Waals surface area contributed by atoms with Crippen molar-refractivity contribution in [2.75, 3.05) is 12.4 Å². The number of nitrogens with zero attached hydrogens (tertiary/aromatic N) is 3. The van der Waals surface area contributed by atoms with Crippen molar-refractivity contribution in [3.05, 3.63) is 58.8 Å². The highest BCUT2D eigenvalue weighted by atomic mass is 16.2. The molecule has 0 bridgehead atoms. The van der Waals surface area contributed by atoms with Crippen molar-refractivity contribution < 1.29 is 4.79 Å². The lowest BCUT2D eigenvalue weighted by Gasteiger charge is -2.17. The number of urea groups is 1. The summed E-state index contributed by atoms with van der Waals surface area (Å²) >= 11 is 0. The molecule has 3 rings (SSSR count). The van der Waals surface area contributed by atoms with Gasteiger partial charge in [-0.15, -0.1) is 0 Å². The van der Waals surface area contributed by atoms with Gasteiger partial charge in [-0.3, -0.25) is 4.57 Å². The first-order valence-corrected chi connectivity index (χ1v) is 7.28. The van der Waals surface area contributed by atoms with E-state index in [1.54, 1.807) is 17.2 Å². The molecule has 6 heteroatoms. The van der Waals surface area contributed by atoms with E-state index in [2.05, 4.69) is 10.3 Å². The van der Waals surface area contributed by atoms with Crippen molar-refractivity contribution in [1.82, 2.24) is 14.5 Å². The average Bonchev–Trinajstić information content (AvgIpc) is 3.34. The Morgan fingerprint density at radius 1 is 1.41 bits per heavy atom. The van der Waals surface area contributed by atoms with Crippen LogP contribution in [-0.4, -0.2) is 33.6 Å².